The number of nitrogens with zero attached hydrogens (tertiary/aromatic N) is 10. The molecule has 1 atom stereocenters. The van der Waals surface area contributed by atoms with Crippen LogP contribution >= 0.6 is 0 Å². The fraction of sp³-hybridized carbons (Fsp3) is 0.588. The van der Waals surface area contributed by atoms with E-state index in [0.29, 0.717) is 31.9 Å². The van der Waals surface area contributed by atoms with Gasteiger partial charge in [-0.2, -0.15) is 0 Å². The Morgan fingerprint density at radius 2 is 2.18 bits per heavy atom. The summed E-state index contributed by atoms with van der Waals surface area (Å²) in [7, 11) is 1.99. The minimum atomic E-state index is 0.125. The molecule has 0 aliphatic carbocycles. The van der Waals surface area contributed by atoms with E-state index in [9.17, 15) is 4.79 Å². The van der Waals surface area contributed by atoms with Gasteiger partial charge in [0.2, 0.25) is 5.91 Å². The third-order valence-electron chi connectivity index (χ3n) is 5.27. The zero-order valence-electron chi connectivity index (χ0n) is 16.1. The van der Waals surface area contributed by atoms with Crippen molar-refractivity contribution in [1.29, 1.82) is 0 Å². The van der Waals surface area contributed by atoms with Crippen molar-refractivity contribution < 1.29 is 4.79 Å². The zero-order chi connectivity index (χ0) is 19.5. The molecule has 148 valence electrons. The van der Waals surface area contributed by atoms with Crippen molar-refractivity contribution in [3.8, 4) is 0 Å². The molecule has 11 nitrogen and oxygen atoms in total. The maximum absolute atomic E-state index is 12.7. The van der Waals surface area contributed by atoms with Crippen LogP contribution in [0.3, 0.4) is 0 Å². The topological polar surface area (TPSA) is 112 Å². The van der Waals surface area contributed by atoms with Crippen LogP contribution in [0.15, 0.2) is 18.7 Å². The summed E-state index contributed by atoms with van der Waals surface area (Å²) < 4.78 is 5.67. The molecule has 28 heavy (non-hydrogen) atoms. The van der Waals surface area contributed by atoms with Gasteiger partial charge in [0.05, 0.1) is 19.4 Å². The van der Waals surface area contributed by atoms with Crippen molar-refractivity contribution in [2.24, 2.45) is 7.05 Å². The highest BCUT2D eigenvalue weighted by atomic mass is 16.2. The first-order valence-corrected chi connectivity index (χ1v) is 9.46. The summed E-state index contributed by atoms with van der Waals surface area (Å²) >= 11 is 0. The predicted molar refractivity (Wildman–Crippen MR) is 98.1 cm³/mol. The SMILES string of the molecule is Cc1nnnn1CCC(=O)N1CCC[C@@H](c2nnc(Cn3ccnc3)n2C)C1. The molecule has 1 aliphatic rings. The second-order valence-corrected chi connectivity index (χ2v) is 7.15. The summed E-state index contributed by atoms with van der Waals surface area (Å²) in [6.45, 7) is 4.41. The van der Waals surface area contributed by atoms with Crippen molar-refractivity contribution in [2.45, 2.75) is 45.2 Å². The molecule has 1 aliphatic heterocycles. The van der Waals surface area contributed by atoms with E-state index in [2.05, 4.69) is 30.7 Å². The summed E-state index contributed by atoms with van der Waals surface area (Å²) in [5.74, 6) is 2.85. The molecule has 1 amide bonds. The molecule has 11 heteroatoms. The van der Waals surface area contributed by atoms with Gasteiger partial charge in [0, 0.05) is 44.9 Å². The molecule has 0 spiro atoms. The lowest BCUT2D eigenvalue weighted by Gasteiger charge is -2.32. The first kappa shape index (κ1) is 18.3. The fourth-order valence-electron chi connectivity index (χ4n) is 3.64. The number of aromatic nitrogens is 9. The second kappa shape index (κ2) is 7.87. The minimum Gasteiger partial charge on any atom is -0.342 e. The molecule has 4 heterocycles. The summed E-state index contributed by atoms with van der Waals surface area (Å²) in [5.41, 5.74) is 0. The Morgan fingerprint density at radius 3 is 2.93 bits per heavy atom. The lowest BCUT2D eigenvalue weighted by Crippen LogP contribution is -2.40. The van der Waals surface area contributed by atoms with E-state index in [1.807, 2.05) is 34.2 Å². The Labute approximate surface area is 162 Å². The van der Waals surface area contributed by atoms with Crippen LogP contribution in [0.5, 0.6) is 0 Å². The smallest absolute Gasteiger partial charge is 0.224 e. The van der Waals surface area contributed by atoms with E-state index in [0.717, 1.165) is 31.0 Å². The van der Waals surface area contributed by atoms with Crippen LogP contribution in [-0.2, 0) is 24.9 Å². The Morgan fingerprint density at radius 1 is 1.29 bits per heavy atom. The van der Waals surface area contributed by atoms with Gasteiger partial charge in [0.1, 0.15) is 11.6 Å². The van der Waals surface area contributed by atoms with Crippen LogP contribution in [-0.4, -0.2) is 68.4 Å². The lowest BCUT2D eigenvalue weighted by molar-refractivity contribution is -0.132. The van der Waals surface area contributed by atoms with Crippen LogP contribution < -0.4 is 0 Å². The monoisotopic (exact) mass is 384 g/mol. The van der Waals surface area contributed by atoms with Crippen LogP contribution in [0.1, 0.15) is 42.7 Å². The number of amides is 1. The minimum absolute atomic E-state index is 0.125. The average molecular weight is 384 g/mol. The van der Waals surface area contributed by atoms with Crippen molar-refractivity contribution in [2.75, 3.05) is 13.1 Å². The first-order valence-electron chi connectivity index (χ1n) is 9.46. The van der Waals surface area contributed by atoms with Crippen molar-refractivity contribution in [3.63, 3.8) is 0 Å². The Kier molecular flexibility index (Phi) is 5.13. The second-order valence-electron chi connectivity index (χ2n) is 7.15. The molecule has 0 saturated carbocycles. The number of rotatable bonds is 6. The predicted octanol–water partition coefficient (Wildman–Crippen LogP) is 0.151. The van der Waals surface area contributed by atoms with Gasteiger partial charge in [-0.15, -0.1) is 15.3 Å². The maximum Gasteiger partial charge on any atom is 0.224 e. The highest BCUT2D eigenvalue weighted by Crippen LogP contribution is 2.26. The van der Waals surface area contributed by atoms with Crippen molar-refractivity contribution in [3.05, 3.63) is 36.2 Å². The number of hydrogen-bond acceptors (Lipinski definition) is 7. The van der Waals surface area contributed by atoms with E-state index in [4.69, 9.17) is 0 Å². The van der Waals surface area contributed by atoms with Gasteiger partial charge in [-0.25, -0.2) is 9.67 Å². The molecular formula is C17H24N10O. The van der Waals surface area contributed by atoms with E-state index < -0.39 is 0 Å². The normalized spacial score (nSPS) is 17.2. The van der Waals surface area contributed by atoms with Crippen LogP contribution in [0, 0.1) is 6.92 Å². The van der Waals surface area contributed by atoms with Crippen molar-refractivity contribution in [1.82, 2.24) is 49.4 Å². The molecule has 3 aromatic rings. The highest BCUT2D eigenvalue weighted by molar-refractivity contribution is 5.76. The molecule has 4 rings (SSSR count). The van der Waals surface area contributed by atoms with Gasteiger partial charge in [-0.1, -0.05) is 0 Å². The Hall–Kier alpha value is -3.11. The highest BCUT2D eigenvalue weighted by Gasteiger charge is 2.28. The Bertz CT molecular complexity index is 928. The molecule has 0 radical (unpaired) electrons. The van der Waals surface area contributed by atoms with Gasteiger partial charge in [-0.05, 0) is 30.2 Å². The summed E-state index contributed by atoms with van der Waals surface area (Å²) in [6, 6.07) is 0. The average Bonchev–Trinajstić information content (AvgIpc) is 3.44. The molecule has 3 aromatic heterocycles. The van der Waals surface area contributed by atoms with Crippen molar-refractivity contribution >= 4 is 5.91 Å². The van der Waals surface area contributed by atoms with Gasteiger partial charge in [-0.3, -0.25) is 4.79 Å². The third kappa shape index (κ3) is 3.78. The summed E-state index contributed by atoms with van der Waals surface area (Å²) in [6.07, 6.45) is 7.78. The summed E-state index contributed by atoms with van der Waals surface area (Å²) in [5, 5.41) is 20.1. The molecule has 1 saturated heterocycles. The van der Waals surface area contributed by atoms with Gasteiger partial charge >= 0.3 is 0 Å². The van der Waals surface area contributed by atoms with E-state index >= 15 is 0 Å². The largest absolute Gasteiger partial charge is 0.342 e. The van der Waals surface area contributed by atoms with Gasteiger partial charge in [0.15, 0.2) is 5.82 Å². The number of imidazole rings is 1. The Balaban J connectivity index is 1.39. The van der Waals surface area contributed by atoms with Crippen LogP contribution in [0.2, 0.25) is 0 Å². The molecule has 0 bridgehead atoms. The fourth-order valence-corrected chi connectivity index (χ4v) is 3.64. The number of tetrazole rings is 1. The van der Waals surface area contributed by atoms with Crippen LogP contribution in [0.4, 0.5) is 0 Å². The number of piperidine rings is 1. The summed E-state index contributed by atoms with van der Waals surface area (Å²) in [4.78, 5) is 18.7. The third-order valence-corrected chi connectivity index (χ3v) is 5.27. The molecule has 1 fully saturated rings. The number of likely N-dealkylation sites (tertiary alicyclic amines) is 1. The maximum atomic E-state index is 12.7. The number of hydrogen-bond donors (Lipinski definition) is 0. The quantitative estimate of drug-likeness (QED) is 0.594. The molecule has 0 unspecified atom stereocenters. The zero-order valence-corrected chi connectivity index (χ0v) is 16.1. The van der Waals surface area contributed by atoms with E-state index in [1.165, 1.54) is 0 Å². The standard InChI is InChI=1S/C17H24N10O/c1-13-19-22-23-27(13)8-5-16(28)26-7-3-4-14(10-26)17-21-20-15(24(17)2)11-25-9-6-18-12-25/h6,9,12,14H,3-5,7-8,10-11H2,1-2H3/t14-/m1/s1. The van der Waals surface area contributed by atoms with Crippen LogP contribution in [0.25, 0.3) is 0 Å². The molecule has 0 aromatic carbocycles. The first-order chi connectivity index (χ1) is 13.6. The van der Waals surface area contributed by atoms with E-state index in [1.54, 1.807) is 17.2 Å². The number of carbonyl (C=O) groups is 1. The molecule has 0 N–H and O–H groups in total. The van der Waals surface area contributed by atoms with Gasteiger partial charge < -0.3 is 14.0 Å². The molecular weight excluding hydrogens is 360 g/mol. The number of carbonyl (C=O) groups excluding carboxylic acids is 1. The van der Waals surface area contributed by atoms with E-state index in [-0.39, 0.29) is 11.8 Å². The lowest BCUT2D eigenvalue weighted by atomic mass is 9.97. The van der Waals surface area contributed by atoms with Gasteiger partial charge in [0.25, 0.3) is 0 Å². The number of aryl methyl sites for hydroxylation is 2.